The Morgan fingerprint density at radius 3 is 0.567 bits per heavy atom. The first-order valence-electron chi connectivity index (χ1n) is 49.3. The highest BCUT2D eigenvalue weighted by atomic mass is 28.6. The van der Waals surface area contributed by atoms with Crippen molar-refractivity contribution < 1.29 is 189 Å². The highest BCUT2D eigenvalue weighted by Gasteiger charge is 2.57. The zero-order valence-corrected chi connectivity index (χ0v) is 120. The van der Waals surface area contributed by atoms with Gasteiger partial charge in [-0.25, -0.2) is 4.89 Å². The van der Waals surface area contributed by atoms with Crippen LogP contribution in [-0.4, -0.2) is 263 Å². The number of hydrogen-bond acceptors (Lipinski definition) is 42. The lowest BCUT2D eigenvalue weighted by Crippen LogP contribution is -2.63. The minimum absolute atomic E-state index is 0.205. The summed E-state index contributed by atoms with van der Waals surface area (Å²) in [6.07, 6.45) is 20.6. The molecule has 0 atom stereocenters. The fraction of sp³-hybridized carbons (Fsp3) is 0.960. The van der Waals surface area contributed by atoms with Gasteiger partial charge >= 0.3 is 188 Å². The molecule has 0 aromatic rings. The molecule has 0 unspecified atom stereocenters. The first-order valence-corrected chi connectivity index (χ1v) is 117. The van der Waals surface area contributed by atoms with E-state index in [0.717, 1.165) is 50.5 Å². The number of unbranched alkanes of at least 4 members (excludes halogenated alkanes) is 12. The van der Waals surface area contributed by atoms with Gasteiger partial charge in [0.2, 0.25) is 0 Å². The molecule has 0 aliphatic heterocycles. The minimum atomic E-state index is -2.96. The van der Waals surface area contributed by atoms with Crippen LogP contribution in [0.5, 0.6) is 0 Å². The van der Waals surface area contributed by atoms with E-state index in [-0.39, 0.29) is 13.2 Å². The molecule has 0 rings (SSSR count). The van der Waals surface area contributed by atoms with Crippen LogP contribution in [0.4, 0.5) is 0 Å². The summed E-state index contributed by atoms with van der Waals surface area (Å²) >= 11 is 0. The van der Waals surface area contributed by atoms with E-state index in [2.05, 4.69) is 201 Å². The van der Waals surface area contributed by atoms with Gasteiger partial charge in [-0.15, -0.1) is 0 Å². The normalized spacial score (nSPS) is 14.9. The Kier molecular flexibility index (Phi) is 63.9. The summed E-state index contributed by atoms with van der Waals surface area (Å²) in [6.45, 7) is 101. The van der Waals surface area contributed by atoms with Crippen molar-refractivity contribution >= 4 is 211 Å². The molecule has 0 heterocycles. The fourth-order valence-corrected chi connectivity index (χ4v) is 143. The van der Waals surface area contributed by atoms with E-state index >= 15 is 0 Å². The maximum Gasteiger partial charge on any atom is 0.314 e. The second-order valence-corrected chi connectivity index (χ2v) is 134. The van der Waals surface area contributed by atoms with Crippen LogP contribution in [0.1, 0.15) is 96.3 Å². The number of ether oxygens (including phenoxy) is 3. The molecule has 1 N–H and O–H groups in total. The highest BCUT2D eigenvalue weighted by Crippen LogP contribution is 2.38. The van der Waals surface area contributed by atoms with Crippen molar-refractivity contribution in [1.29, 1.82) is 0 Å². The predicted molar refractivity (Wildman–Crippen MR) is 593 cm³/mol. The number of hydrogen-bond donors (Lipinski definition) is 1. The lowest BCUT2D eigenvalue weighted by molar-refractivity contribution is -0.874. The molecule has 141 heavy (non-hydrogen) atoms. The van der Waals surface area contributed by atoms with E-state index in [9.17, 15) is 4.79 Å². The van der Waals surface area contributed by atoms with Gasteiger partial charge in [-0.3, -0.25) is 0 Å². The summed E-state index contributed by atoms with van der Waals surface area (Å²) in [4.78, 5) is 19.2. The van der Waals surface area contributed by atoms with Crippen LogP contribution in [-0.2, 0) is 184 Å². The molecular formula is C75H196O42Si24. The molecule has 0 aromatic carbocycles. The first-order chi connectivity index (χ1) is 63.4. The summed E-state index contributed by atoms with van der Waals surface area (Å²) in [7, 11) is -68.0. The highest BCUT2D eigenvalue weighted by molar-refractivity contribution is 6.97. The molecule has 844 valence electrons. The Morgan fingerprint density at radius 1 is 0.177 bits per heavy atom. The van der Waals surface area contributed by atoms with Crippen LogP contribution in [0.25, 0.3) is 0 Å². The fourth-order valence-electron chi connectivity index (χ4n) is 18.4. The van der Waals surface area contributed by atoms with Crippen molar-refractivity contribution in [2.45, 2.75) is 423 Å². The van der Waals surface area contributed by atoms with Crippen LogP contribution >= 0.6 is 0 Å². The Bertz CT molecular complexity index is 3440. The van der Waals surface area contributed by atoms with E-state index in [1.165, 1.54) is 70.5 Å². The largest absolute Gasteiger partial charge is 0.498 e. The summed E-state index contributed by atoms with van der Waals surface area (Å²) in [5.41, 5.74) is 0. The van der Waals surface area contributed by atoms with Gasteiger partial charge in [0, 0.05) is 49.9 Å². The molecule has 0 bridgehead atoms. The zero-order valence-electron chi connectivity index (χ0n) is 95.9. The third-order valence-corrected chi connectivity index (χ3v) is 112. The standard InChI is InChI=1S/C75H196O42Si24/c1-118(2,74-62-67-79-71-70-78-66-61-59-57-55-53-51-49-50-52-54-56-58-60-64-76)95-120(5,6)97-122(9,10)99-124(13,14)101-126(17,18)103-128(21,22)105-130(25,26)107-132(29,30)109-134(33,34)111-136(37,38)113-138(41,42)115-140(45,46)117-141(47,48)116-139(43,44)114-137(39,40)112-135(35,36)110-133(31,32)108-131(27,28)106-129(23,24)104-127(19,20)102-125(15,16)100-123(11,12)98-121(7,8)96-119(3,4)75-63-68-80-72-73-82-84-86-88-90-92-94-93-91-89-87-85-83-81-69-65-77/h64,72-73,77H,49-63,65-71,74-75H2,1-48H3/b73-72-. The van der Waals surface area contributed by atoms with Gasteiger partial charge in [-0.2, -0.15) is 0 Å². The van der Waals surface area contributed by atoms with Crippen LogP contribution in [0.3, 0.4) is 0 Å². The molecule has 0 aliphatic carbocycles. The molecule has 0 aromatic heterocycles. The van der Waals surface area contributed by atoms with Crippen molar-refractivity contribution in [3.8, 4) is 0 Å². The Hall–Kier alpha value is 2.66. The third-order valence-electron chi connectivity index (χ3n) is 18.0. The summed E-state index contributed by atoms with van der Waals surface area (Å²) < 4.78 is 178. The van der Waals surface area contributed by atoms with Crippen LogP contribution in [0.2, 0.25) is 326 Å². The topological polar surface area (TPSA) is 407 Å². The van der Waals surface area contributed by atoms with Gasteiger partial charge in [0.1, 0.15) is 19.2 Å². The maximum absolute atomic E-state index is 10.5. The maximum atomic E-state index is 10.5. The first kappa shape index (κ1) is 144. The quantitative estimate of drug-likeness (QED) is 0.0148. The number of aldehydes is 1. The SMILES string of the molecule is C[Si](C)(CCCO/C=C\OOOOOOOOOOOOOOCCO)O[Si](C)(C)O[Si](C)(C)O[Si](C)(C)O[Si](C)(C)O[Si](C)(C)O[Si](C)(C)O[Si](C)(C)O[Si](C)(C)O[Si](C)(C)O[Si](C)(C)O[Si](C)(C)O[Si](C)(C)O[Si](C)(C)O[Si](C)(C)O[Si](C)(C)O[Si](C)(C)O[Si](C)(C)O[Si](C)(C)O[Si](C)(C)O[Si](C)(C)O[Si](C)(C)O[Si](C)(C)O[Si](C)(C)CCCOCCOCCCCCCCCCCCCCCC=O. The molecule has 0 saturated heterocycles. The van der Waals surface area contributed by atoms with E-state index < -0.39 is 205 Å². The van der Waals surface area contributed by atoms with Gasteiger partial charge in [0.15, 0.2) is 22.9 Å². The average molecular weight is 2440 g/mol. The van der Waals surface area contributed by atoms with Crippen LogP contribution in [0.15, 0.2) is 12.5 Å². The van der Waals surface area contributed by atoms with Gasteiger partial charge in [0.05, 0.1) is 26.4 Å². The van der Waals surface area contributed by atoms with E-state index in [4.69, 9.17) is 114 Å². The van der Waals surface area contributed by atoms with Gasteiger partial charge < -0.3 is 124 Å². The number of rotatable bonds is 89. The molecule has 0 fully saturated rings. The molecule has 0 aliphatic rings. The molecule has 42 nitrogen and oxygen atoms in total. The number of aliphatic hydroxyl groups is 1. The Labute approximate surface area is 874 Å². The lowest BCUT2D eigenvalue weighted by atomic mass is 10.0. The average Bonchev–Trinajstić information content (AvgIpc) is 0.792. The van der Waals surface area contributed by atoms with Gasteiger partial charge in [-0.05, 0) is 382 Å². The van der Waals surface area contributed by atoms with Crippen LogP contribution in [0, 0.1) is 0 Å². The second kappa shape index (κ2) is 62.7. The van der Waals surface area contributed by atoms with Crippen molar-refractivity contribution in [2.24, 2.45) is 0 Å². The molecule has 0 amide bonds. The Morgan fingerprint density at radius 2 is 0.355 bits per heavy atom. The zero-order chi connectivity index (χ0) is 109. The Balaban J connectivity index is 5.48. The van der Waals surface area contributed by atoms with Crippen molar-refractivity contribution in [2.75, 3.05) is 46.2 Å². The lowest BCUT2D eigenvalue weighted by Gasteiger charge is -2.45. The number of carbonyl (C=O) groups is 1. The summed E-state index contributed by atoms with van der Waals surface area (Å²) in [5, 5.41) is 54.8. The van der Waals surface area contributed by atoms with Crippen molar-refractivity contribution in [3.05, 3.63) is 12.5 Å². The van der Waals surface area contributed by atoms with Crippen molar-refractivity contribution in [3.63, 3.8) is 0 Å². The van der Waals surface area contributed by atoms with Gasteiger partial charge in [0.25, 0.3) is 0 Å². The monoisotopic (exact) mass is 2440 g/mol. The van der Waals surface area contributed by atoms with Crippen LogP contribution < -0.4 is 0 Å². The van der Waals surface area contributed by atoms with E-state index in [0.29, 0.717) is 39.3 Å². The smallest absolute Gasteiger partial charge is 0.314 e. The predicted octanol–water partition coefficient (Wildman–Crippen LogP) is 22.9. The molecule has 66 heteroatoms. The van der Waals surface area contributed by atoms with Crippen molar-refractivity contribution in [1.82, 2.24) is 0 Å². The summed E-state index contributed by atoms with van der Waals surface area (Å²) in [6, 6.07) is 1.74. The molecule has 0 spiro atoms. The van der Waals surface area contributed by atoms with E-state index in [1.807, 2.05) is 183 Å². The summed E-state index contributed by atoms with van der Waals surface area (Å²) in [5.74, 6) is 0. The number of carbonyl (C=O) groups excluding carboxylic acids is 1. The van der Waals surface area contributed by atoms with Gasteiger partial charge in [-0.1, -0.05) is 64.2 Å². The third kappa shape index (κ3) is 79.3. The molecule has 0 saturated carbocycles. The number of aliphatic hydroxyl groups excluding tert-OH is 1. The van der Waals surface area contributed by atoms with E-state index in [1.54, 1.807) is 0 Å². The molecular weight excluding hydrogens is 2250 g/mol. The minimum Gasteiger partial charge on any atom is -0.498 e. The second-order valence-electron chi connectivity index (χ2n) is 45.9. The molecule has 0 radical (unpaired) electrons.